The zero-order valence-electron chi connectivity index (χ0n) is 19.9. The largest absolute Gasteiger partial charge is 0.342 e. The minimum absolute atomic E-state index is 0.166. The molecule has 0 radical (unpaired) electrons. The van der Waals surface area contributed by atoms with Crippen LogP contribution >= 0.6 is 0 Å². The Kier molecular flexibility index (Phi) is 5.94. The molecule has 1 unspecified atom stereocenters. The summed E-state index contributed by atoms with van der Waals surface area (Å²) in [6.07, 6.45) is 5.36. The summed E-state index contributed by atoms with van der Waals surface area (Å²) in [5.41, 5.74) is 3.23. The quantitative estimate of drug-likeness (QED) is 0.406. The van der Waals surface area contributed by atoms with Gasteiger partial charge < -0.3 is 5.32 Å². The molecule has 1 amide bonds. The minimum Gasteiger partial charge on any atom is -0.342 e. The van der Waals surface area contributed by atoms with E-state index < -0.39 is 6.04 Å². The predicted octanol–water partition coefficient (Wildman–Crippen LogP) is 3.97. The Morgan fingerprint density at radius 1 is 0.946 bits per heavy atom. The molecular formula is C28H23N7O2. The number of nitrogens with one attached hydrogen (secondary N) is 1. The van der Waals surface area contributed by atoms with Crippen molar-refractivity contribution in [1.82, 2.24) is 35.0 Å². The van der Waals surface area contributed by atoms with Crippen molar-refractivity contribution >= 4 is 16.8 Å². The molecule has 182 valence electrons. The highest BCUT2D eigenvalue weighted by atomic mass is 16.2. The van der Waals surface area contributed by atoms with E-state index in [0.29, 0.717) is 52.3 Å². The van der Waals surface area contributed by atoms with Gasteiger partial charge in [0.25, 0.3) is 11.5 Å². The van der Waals surface area contributed by atoms with Crippen molar-refractivity contribution in [2.45, 2.75) is 31.8 Å². The number of amides is 1. The monoisotopic (exact) mass is 489 g/mol. The van der Waals surface area contributed by atoms with Gasteiger partial charge in [0, 0.05) is 29.8 Å². The summed E-state index contributed by atoms with van der Waals surface area (Å²) in [5, 5.41) is 12.7. The van der Waals surface area contributed by atoms with E-state index in [2.05, 4.69) is 25.5 Å². The highest BCUT2D eigenvalue weighted by molar-refractivity contribution is 6.10. The third-order valence-corrected chi connectivity index (χ3v) is 6.57. The number of nitrogens with zero attached hydrogens (tertiary/aromatic N) is 6. The summed E-state index contributed by atoms with van der Waals surface area (Å²) in [5.74, 6) is 0.240. The summed E-state index contributed by atoms with van der Waals surface area (Å²) >= 11 is 0. The Labute approximate surface area is 212 Å². The molecule has 1 aliphatic heterocycles. The van der Waals surface area contributed by atoms with Gasteiger partial charge in [-0.2, -0.15) is 0 Å². The molecule has 3 aromatic heterocycles. The summed E-state index contributed by atoms with van der Waals surface area (Å²) in [4.78, 5) is 40.1. The van der Waals surface area contributed by atoms with Gasteiger partial charge in [-0.15, -0.1) is 10.2 Å². The number of rotatable bonds is 4. The lowest BCUT2D eigenvalue weighted by Gasteiger charge is -2.21. The maximum Gasteiger partial charge on any atom is 0.254 e. The molecule has 1 N–H and O–H groups in total. The first-order chi connectivity index (χ1) is 18.2. The summed E-state index contributed by atoms with van der Waals surface area (Å²) in [6.45, 7) is 0.548. The fraction of sp³-hybridized carbons (Fsp3) is 0.179. The molecule has 37 heavy (non-hydrogen) atoms. The van der Waals surface area contributed by atoms with Crippen LogP contribution in [0.5, 0.6) is 0 Å². The van der Waals surface area contributed by atoms with E-state index in [1.165, 1.54) is 12.4 Å². The van der Waals surface area contributed by atoms with Crippen molar-refractivity contribution in [3.63, 3.8) is 0 Å². The Balaban J connectivity index is 1.45. The fourth-order valence-electron chi connectivity index (χ4n) is 4.78. The Morgan fingerprint density at radius 2 is 1.78 bits per heavy atom. The molecule has 9 nitrogen and oxygen atoms in total. The van der Waals surface area contributed by atoms with E-state index >= 15 is 0 Å². The first-order valence-corrected chi connectivity index (χ1v) is 12.2. The van der Waals surface area contributed by atoms with Crippen LogP contribution < -0.4 is 10.9 Å². The van der Waals surface area contributed by atoms with Crippen LogP contribution in [0, 0.1) is 0 Å². The van der Waals surface area contributed by atoms with Crippen molar-refractivity contribution in [1.29, 1.82) is 0 Å². The van der Waals surface area contributed by atoms with Crippen LogP contribution in [0.3, 0.4) is 0 Å². The Hall–Kier alpha value is -4.79. The maximum absolute atomic E-state index is 14.0. The van der Waals surface area contributed by atoms with Gasteiger partial charge in [0.2, 0.25) is 0 Å². The van der Waals surface area contributed by atoms with Gasteiger partial charge in [0.1, 0.15) is 17.8 Å². The van der Waals surface area contributed by atoms with Crippen LogP contribution in [0.1, 0.15) is 41.5 Å². The van der Waals surface area contributed by atoms with Crippen molar-refractivity contribution in [2.24, 2.45) is 0 Å². The second-order valence-electron chi connectivity index (χ2n) is 8.91. The van der Waals surface area contributed by atoms with E-state index in [9.17, 15) is 9.59 Å². The van der Waals surface area contributed by atoms with Gasteiger partial charge in [-0.05, 0) is 31.4 Å². The lowest BCUT2D eigenvalue weighted by Crippen LogP contribution is -2.34. The molecule has 5 aromatic rings. The van der Waals surface area contributed by atoms with E-state index in [1.807, 2.05) is 54.6 Å². The molecule has 1 aliphatic rings. The second kappa shape index (κ2) is 9.69. The van der Waals surface area contributed by atoms with Crippen LogP contribution in [0.15, 0.2) is 84.0 Å². The summed E-state index contributed by atoms with van der Waals surface area (Å²) < 4.78 is 1.66. The molecule has 9 heteroatoms. The maximum atomic E-state index is 14.0. The molecule has 2 aromatic carbocycles. The number of carbonyl (C=O) groups excluding carboxylic acids is 1. The predicted molar refractivity (Wildman–Crippen MR) is 139 cm³/mol. The average molecular weight is 490 g/mol. The summed E-state index contributed by atoms with van der Waals surface area (Å²) in [6, 6.07) is 19.7. The van der Waals surface area contributed by atoms with Crippen molar-refractivity contribution in [3.8, 4) is 22.6 Å². The van der Waals surface area contributed by atoms with Gasteiger partial charge in [0.15, 0.2) is 0 Å². The van der Waals surface area contributed by atoms with Crippen molar-refractivity contribution in [2.75, 3.05) is 0 Å². The summed E-state index contributed by atoms with van der Waals surface area (Å²) in [7, 11) is 0. The first kappa shape index (κ1) is 22.7. The molecule has 0 bridgehead atoms. The highest BCUT2D eigenvalue weighted by Gasteiger charge is 2.27. The molecule has 6 rings (SSSR count). The molecular weight excluding hydrogens is 466 g/mol. The Morgan fingerprint density at radius 3 is 2.62 bits per heavy atom. The van der Waals surface area contributed by atoms with Gasteiger partial charge in [-0.3, -0.25) is 14.2 Å². The topological polar surface area (TPSA) is 116 Å². The third kappa shape index (κ3) is 4.35. The lowest BCUT2D eigenvalue weighted by atomic mass is 10.0. The molecule has 0 saturated heterocycles. The van der Waals surface area contributed by atoms with Crippen LogP contribution in [-0.4, -0.2) is 35.6 Å². The van der Waals surface area contributed by atoms with Crippen LogP contribution in [0.4, 0.5) is 0 Å². The van der Waals surface area contributed by atoms with Crippen molar-refractivity contribution < 1.29 is 4.79 Å². The average Bonchev–Trinajstić information content (AvgIpc) is 3.15. The number of hydrogen-bond donors (Lipinski definition) is 1. The number of fused-ring (bicyclic) bond motifs is 2. The van der Waals surface area contributed by atoms with Gasteiger partial charge in [0.05, 0.1) is 28.5 Å². The minimum atomic E-state index is -0.458. The number of benzene rings is 2. The third-order valence-electron chi connectivity index (χ3n) is 6.57. The number of carbonyl (C=O) groups is 1. The number of hydrogen-bond acceptors (Lipinski definition) is 7. The second-order valence-corrected chi connectivity index (χ2v) is 8.91. The van der Waals surface area contributed by atoms with Gasteiger partial charge >= 0.3 is 0 Å². The smallest absolute Gasteiger partial charge is 0.254 e. The van der Waals surface area contributed by atoms with E-state index in [1.54, 1.807) is 16.8 Å². The standard InChI is InChI=1S/C28H23N7O2/c36-24-16-23(21-13-14-29-17-30-21)31-27-22(12-6-7-15-35(24)27)32-28(37)25-19-10-4-5-11-20(19)33-34-26(25)18-8-2-1-3-9-18/h1-5,8-11,13-14,16-17,22H,6-7,12,15H2,(H,32,37). The van der Waals surface area contributed by atoms with Crippen LogP contribution in [-0.2, 0) is 6.54 Å². The first-order valence-electron chi connectivity index (χ1n) is 12.2. The van der Waals surface area contributed by atoms with E-state index in [0.717, 1.165) is 18.4 Å². The molecule has 0 saturated carbocycles. The lowest BCUT2D eigenvalue weighted by molar-refractivity contribution is 0.0934. The van der Waals surface area contributed by atoms with E-state index in [4.69, 9.17) is 4.98 Å². The molecule has 0 fully saturated rings. The molecule has 1 atom stereocenters. The molecule has 0 aliphatic carbocycles. The fourth-order valence-corrected chi connectivity index (χ4v) is 4.78. The van der Waals surface area contributed by atoms with Gasteiger partial charge in [-0.25, -0.2) is 15.0 Å². The van der Waals surface area contributed by atoms with Crippen molar-refractivity contribution in [3.05, 3.63) is 101 Å². The van der Waals surface area contributed by atoms with Crippen LogP contribution in [0.25, 0.3) is 33.5 Å². The van der Waals surface area contributed by atoms with E-state index in [-0.39, 0.29) is 11.5 Å². The molecule has 0 spiro atoms. The highest BCUT2D eigenvalue weighted by Crippen LogP contribution is 2.29. The SMILES string of the molecule is O=C(NC1CCCCn2c1nc(-c1ccncn1)cc2=O)c1c(-c2ccccc2)nnc2ccccc12. The zero-order chi connectivity index (χ0) is 25.2. The van der Waals surface area contributed by atoms with Gasteiger partial charge in [-0.1, -0.05) is 48.5 Å². The zero-order valence-corrected chi connectivity index (χ0v) is 19.9. The van der Waals surface area contributed by atoms with Crippen LogP contribution in [0.2, 0.25) is 0 Å². The Bertz CT molecular complexity index is 1650. The number of aromatic nitrogens is 6. The molecule has 4 heterocycles. The normalized spacial score (nSPS) is 15.1.